The molecule has 0 aliphatic rings. The van der Waals surface area contributed by atoms with Crippen LogP contribution in [0.3, 0.4) is 0 Å². The lowest BCUT2D eigenvalue weighted by atomic mass is 10.3. The predicted octanol–water partition coefficient (Wildman–Crippen LogP) is 1.91. The van der Waals surface area contributed by atoms with Crippen molar-refractivity contribution in [2.75, 3.05) is 12.3 Å². The Bertz CT molecular complexity index is 605. The van der Waals surface area contributed by atoms with Crippen molar-refractivity contribution in [1.82, 2.24) is 9.78 Å². The zero-order valence-corrected chi connectivity index (χ0v) is 10.1. The maximum absolute atomic E-state index is 13.1. The molecule has 100 valence electrons. The van der Waals surface area contributed by atoms with Gasteiger partial charge in [-0.05, 0) is 19.1 Å². The minimum absolute atomic E-state index is 0.0385. The van der Waals surface area contributed by atoms with Crippen LogP contribution in [0.5, 0.6) is 0 Å². The number of nitrogens with two attached hydrogens (primary N) is 1. The van der Waals surface area contributed by atoms with E-state index in [9.17, 15) is 13.6 Å². The number of carbonyl (C=O) groups is 1. The molecule has 0 saturated heterocycles. The second-order valence-electron chi connectivity index (χ2n) is 3.70. The van der Waals surface area contributed by atoms with E-state index in [-0.39, 0.29) is 23.7 Å². The van der Waals surface area contributed by atoms with E-state index >= 15 is 0 Å². The molecular formula is C12H11F2N3O2. The molecule has 0 radical (unpaired) electrons. The monoisotopic (exact) mass is 267 g/mol. The largest absolute Gasteiger partial charge is 0.462 e. The number of ether oxygens (including phenoxy) is 1. The van der Waals surface area contributed by atoms with Crippen molar-refractivity contribution in [2.24, 2.45) is 0 Å². The molecule has 7 heteroatoms. The minimum Gasteiger partial charge on any atom is -0.462 e. The molecule has 1 aromatic carbocycles. The van der Waals surface area contributed by atoms with Gasteiger partial charge < -0.3 is 10.5 Å². The number of nitrogen functional groups attached to an aromatic ring is 1. The lowest BCUT2D eigenvalue weighted by Gasteiger charge is -2.05. The zero-order valence-electron chi connectivity index (χ0n) is 10.1. The third kappa shape index (κ3) is 2.54. The summed E-state index contributed by atoms with van der Waals surface area (Å²) in [4.78, 5) is 11.5. The average Bonchev–Trinajstić information content (AvgIpc) is 2.70. The number of esters is 1. The Labute approximate surface area is 107 Å². The smallest absolute Gasteiger partial charge is 0.343 e. The number of halogens is 2. The van der Waals surface area contributed by atoms with Gasteiger partial charge in [-0.3, -0.25) is 0 Å². The van der Waals surface area contributed by atoms with Crippen molar-refractivity contribution in [3.8, 4) is 5.69 Å². The van der Waals surface area contributed by atoms with Gasteiger partial charge in [-0.15, -0.1) is 0 Å². The highest BCUT2D eigenvalue weighted by Gasteiger charge is 2.17. The summed E-state index contributed by atoms with van der Waals surface area (Å²) in [5, 5.41) is 3.83. The summed E-state index contributed by atoms with van der Waals surface area (Å²) in [5.41, 5.74) is 5.86. The van der Waals surface area contributed by atoms with Crippen LogP contribution in [0.1, 0.15) is 17.3 Å². The molecule has 2 aromatic rings. The summed E-state index contributed by atoms with van der Waals surface area (Å²) in [7, 11) is 0. The lowest BCUT2D eigenvalue weighted by Crippen LogP contribution is -2.09. The van der Waals surface area contributed by atoms with Crippen molar-refractivity contribution < 1.29 is 18.3 Å². The first-order chi connectivity index (χ1) is 9.02. The van der Waals surface area contributed by atoms with Gasteiger partial charge in [0.1, 0.15) is 23.0 Å². The number of nitrogens with zero attached hydrogens (tertiary/aromatic N) is 2. The molecule has 0 aliphatic carbocycles. The van der Waals surface area contributed by atoms with Crippen LogP contribution in [0.2, 0.25) is 0 Å². The first-order valence-electron chi connectivity index (χ1n) is 5.50. The molecule has 2 N–H and O–H groups in total. The van der Waals surface area contributed by atoms with Crippen LogP contribution in [0.4, 0.5) is 14.6 Å². The second kappa shape index (κ2) is 5.05. The number of benzene rings is 1. The summed E-state index contributed by atoms with van der Waals surface area (Å²) in [5.74, 6) is -2.20. The van der Waals surface area contributed by atoms with E-state index in [4.69, 9.17) is 10.5 Å². The van der Waals surface area contributed by atoms with Crippen LogP contribution in [-0.4, -0.2) is 22.4 Å². The number of anilines is 1. The Balaban J connectivity index is 2.44. The van der Waals surface area contributed by atoms with Crippen molar-refractivity contribution in [1.29, 1.82) is 0 Å². The molecule has 0 amide bonds. The van der Waals surface area contributed by atoms with Gasteiger partial charge in [0.2, 0.25) is 0 Å². The number of carbonyl (C=O) groups excluding carboxylic acids is 1. The molecule has 1 aromatic heterocycles. The van der Waals surface area contributed by atoms with E-state index in [2.05, 4.69) is 5.10 Å². The predicted molar refractivity (Wildman–Crippen MR) is 63.8 cm³/mol. The number of aromatic nitrogens is 2. The Morgan fingerprint density at radius 2 is 2.00 bits per heavy atom. The van der Waals surface area contributed by atoms with E-state index < -0.39 is 17.6 Å². The number of hydrogen-bond acceptors (Lipinski definition) is 4. The molecule has 0 aliphatic heterocycles. The molecule has 0 saturated carbocycles. The minimum atomic E-state index is -0.761. The van der Waals surface area contributed by atoms with Crippen molar-refractivity contribution >= 4 is 11.8 Å². The fourth-order valence-corrected chi connectivity index (χ4v) is 1.59. The van der Waals surface area contributed by atoms with Gasteiger partial charge in [-0.2, -0.15) is 5.10 Å². The van der Waals surface area contributed by atoms with Crippen LogP contribution in [0, 0.1) is 11.6 Å². The van der Waals surface area contributed by atoms with Gasteiger partial charge in [-0.1, -0.05) is 0 Å². The zero-order chi connectivity index (χ0) is 14.0. The van der Waals surface area contributed by atoms with Gasteiger partial charge >= 0.3 is 5.97 Å². The van der Waals surface area contributed by atoms with E-state index in [0.29, 0.717) is 0 Å². The topological polar surface area (TPSA) is 70.1 Å². The summed E-state index contributed by atoms with van der Waals surface area (Å²) < 4.78 is 32.1. The molecular weight excluding hydrogens is 256 g/mol. The van der Waals surface area contributed by atoms with Gasteiger partial charge in [-0.25, -0.2) is 18.3 Å². The number of rotatable bonds is 3. The van der Waals surface area contributed by atoms with Crippen molar-refractivity contribution in [3.05, 3.63) is 41.6 Å². The first-order valence-corrected chi connectivity index (χ1v) is 5.50. The van der Waals surface area contributed by atoms with Crippen molar-refractivity contribution in [3.63, 3.8) is 0 Å². The van der Waals surface area contributed by atoms with E-state index in [0.717, 1.165) is 22.9 Å². The molecule has 0 atom stereocenters. The van der Waals surface area contributed by atoms with E-state index in [1.54, 1.807) is 6.92 Å². The summed E-state index contributed by atoms with van der Waals surface area (Å²) in [6.07, 6.45) is 1.19. The number of hydrogen-bond donors (Lipinski definition) is 1. The average molecular weight is 267 g/mol. The summed E-state index contributed by atoms with van der Waals surface area (Å²) >= 11 is 0. The summed E-state index contributed by atoms with van der Waals surface area (Å²) in [6.45, 7) is 1.85. The van der Waals surface area contributed by atoms with Gasteiger partial charge in [0, 0.05) is 6.07 Å². The van der Waals surface area contributed by atoms with Crippen LogP contribution in [0.15, 0.2) is 24.4 Å². The Morgan fingerprint density at radius 3 is 2.58 bits per heavy atom. The summed E-state index contributed by atoms with van der Waals surface area (Å²) in [6, 6.07) is 2.85. The Hall–Kier alpha value is -2.44. The maximum Gasteiger partial charge on any atom is 0.343 e. The third-order valence-corrected chi connectivity index (χ3v) is 2.39. The molecule has 2 rings (SSSR count). The molecule has 0 bridgehead atoms. The van der Waals surface area contributed by atoms with Crippen LogP contribution < -0.4 is 5.73 Å². The highest BCUT2D eigenvalue weighted by molar-refractivity contribution is 5.94. The maximum atomic E-state index is 13.1. The van der Waals surface area contributed by atoms with Crippen LogP contribution in [-0.2, 0) is 4.74 Å². The lowest BCUT2D eigenvalue weighted by molar-refractivity contribution is 0.0527. The Morgan fingerprint density at radius 1 is 1.37 bits per heavy atom. The highest BCUT2D eigenvalue weighted by atomic mass is 19.1. The molecule has 0 spiro atoms. The van der Waals surface area contributed by atoms with Gasteiger partial charge in [0.25, 0.3) is 0 Å². The quantitative estimate of drug-likeness (QED) is 0.862. The highest BCUT2D eigenvalue weighted by Crippen LogP contribution is 2.19. The SMILES string of the molecule is CCOC(=O)c1cnn(-c2cc(F)cc(F)c2)c1N. The van der Waals surface area contributed by atoms with Crippen LogP contribution >= 0.6 is 0 Å². The molecule has 19 heavy (non-hydrogen) atoms. The van der Waals surface area contributed by atoms with Crippen molar-refractivity contribution in [2.45, 2.75) is 6.92 Å². The van der Waals surface area contributed by atoms with E-state index in [1.165, 1.54) is 6.20 Å². The second-order valence-corrected chi connectivity index (χ2v) is 3.70. The molecule has 0 fully saturated rings. The van der Waals surface area contributed by atoms with Crippen LogP contribution in [0.25, 0.3) is 5.69 Å². The van der Waals surface area contributed by atoms with E-state index in [1.807, 2.05) is 0 Å². The fourth-order valence-electron chi connectivity index (χ4n) is 1.59. The first kappa shape index (κ1) is 13.0. The van der Waals surface area contributed by atoms with Gasteiger partial charge in [0.05, 0.1) is 18.5 Å². The normalized spacial score (nSPS) is 10.5. The molecule has 5 nitrogen and oxygen atoms in total. The van der Waals surface area contributed by atoms with Gasteiger partial charge in [0.15, 0.2) is 0 Å². The third-order valence-electron chi connectivity index (χ3n) is 2.39. The fraction of sp³-hybridized carbons (Fsp3) is 0.167. The molecule has 1 heterocycles. The molecule has 0 unspecified atom stereocenters. The standard InChI is InChI=1S/C12H11F2N3O2/c1-2-19-12(18)10-6-16-17(11(10)15)9-4-7(13)3-8(14)5-9/h3-6H,2,15H2,1H3. The Kier molecular flexibility index (Phi) is 3.46.